The molecule has 0 aromatic rings. The van der Waals surface area contributed by atoms with Crippen LogP contribution in [0, 0.1) is 0 Å². The maximum absolute atomic E-state index is 9.72. The highest BCUT2D eigenvalue weighted by molar-refractivity contribution is 5.32. The summed E-state index contributed by atoms with van der Waals surface area (Å²) in [6, 6.07) is 0. The minimum Gasteiger partial charge on any atom is -0.211 e. The third-order valence-corrected chi connectivity index (χ3v) is 3.88. The normalized spacial score (nSPS) is 9.42. The van der Waals surface area contributed by atoms with Crippen LogP contribution in [0.3, 0.4) is 0 Å². The van der Waals surface area contributed by atoms with E-state index in [2.05, 4.69) is 23.8 Å². The second-order valence-electron chi connectivity index (χ2n) is 6.19. The Balaban J connectivity index is 0. The smallest absolute Gasteiger partial charge is 0.211 e. The van der Waals surface area contributed by atoms with Gasteiger partial charge in [0.1, 0.15) is 0 Å². The summed E-state index contributed by atoms with van der Waals surface area (Å²) < 4.78 is 0. The van der Waals surface area contributed by atoms with Gasteiger partial charge in [0, 0.05) is 0 Å². The molecule has 0 N–H and O–H groups in total. The number of rotatable bonds is 16. The molecule has 0 fully saturated rings. The molecule has 4 heteroatoms. The lowest BCUT2D eigenvalue weighted by atomic mass is 10.1. The number of carbonyl (C=O) groups excluding carboxylic acids is 2. The SMILES string of the molecule is CCCCCCCCCCN=C=O.CCCCCCCCN=C=O. The third-order valence-electron chi connectivity index (χ3n) is 3.88. The molecule has 0 saturated heterocycles. The van der Waals surface area contributed by atoms with Crippen LogP contribution in [0.1, 0.15) is 104 Å². The molecular formula is C20H38N2O2. The summed E-state index contributed by atoms with van der Waals surface area (Å²) in [6.45, 7) is 5.77. The standard InChI is InChI=1S/C11H21NO.C9H17NO/c1-2-3-4-5-6-7-8-9-10-12-11-13;1-2-3-4-5-6-7-8-10-9-11/h2-10H2,1H3;2-8H2,1H3. The predicted molar refractivity (Wildman–Crippen MR) is 102 cm³/mol. The third kappa shape index (κ3) is 28.9. The first-order chi connectivity index (χ1) is 11.8. The van der Waals surface area contributed by atoms with Crippen LogP contribution in [0.5, 0.6) is 0 Å². The summed E-state index contributed by atoms with van der Waals surface area (Å²) in [5, 5.41) is 0. The Hall–Kier alpha value is -1.24. The molecule has 0 bridgehead atoms. The minimum atomic E-state index is 0.662. The van der Waals surface area contributed by atoms with Gasteiger partial charge in [-0.1, -0.05) is 90.9 Å². The lowest BCUT2D eigenvalue weighted by Crippen LogP contribution is -1.83. The van der Waals surface area contributed by atoms with E-state index in [0.717, 1.165) is 12.8 Å². The molecule has 0 atom stereocenters. The van der Waals surface area contributed by atoms with Crippen LogP contribution in [0.4, 0.5) is 0 Å². The van der Waals surface area contributed by atoms with Gasteiger partial charge in [-0.2, -0.15) is 0 Å². The number of aliphatic imine (C=N–C) groups is 2. The van der Waals surface area contributed by atoms with E-state index in [1.807, 2.05) is 0 Å². The van der Waals surface area contributed by atoms with Crippen molar-refractivity contribution in [2.24, 2.45) is 9.98 Å². The molecule has 0 rings (SSSR count). The largest absolute Gasteiger partial charge is 0.234 e. The average molecular weight is 339 g/mol. The molecule has 0 spiro atoms. The Morgan fingerprint density at radius 3 is 1.08 bits per heavy atom. The highest BCUT2D eigenvalue weighted by Crippen LogP contribution is 2.08. The maximum atomic E-state index is 9.72. The number of hydrogen-bond donors (Lipinski definition) is 0. The quantitative estimate of drug-likeness (QED) is 0.193. The molecule has 0 heterocycles. The zero-order valence-electron chi connectivity index (χ0n) is 16.0. The van der Waals surface area contributed by atoms with Gasteiger partial charge < -0.3 is 0 Å². The first-order valence-electron chi connectivity index (χ1n) is 9.90. The van der Waals surface area contributed by atoms with E-state index < -0.39 is 0 Å². The minimum absolute atomic E-state index is 0.662. The van der Waals surface area contributed by atoms with Gasteiger partial charge in [-0.15, -0.1) is 0 Å². The van der Waals surface area contributed by atoms with Crippen LogP contribution in [-0.2, 0) is 9.59 Å². The summed E-state index contributed by atoms with van der Waals surface area (Å²) in [4.78, 5) is 26.4. The molecule has 0 aliphatic heterocycles. The molecule has 0 aliphatic rings. The molecule has 140 valence electrons. The van der Waals surface area contributed by atoms with E-state index >= 15 is 0 Å². The molecule has 0 unspecified atom stereocenters. The van der Waals surface area contributed by atoms with Gasteiger partial charge >= 0.3 is 0 Å². The van der Waals surface area contributed by atoms with Crippen molar-refractivity contribution in [2.45, 2.75) is 104 Å². The highest BCUT2D eigenvalue weighted by atomic mass is 16.1. The van der Waals surface area contributed by atoms with Gasteiger partial charge in [0.2, 0.25) is 12.2 Å². The first kappa shape index (κ1) is 25.0. The van der Waals surface area contributed by atoms with Crippen molar-refractivity contribution in [2.75, 3.05) is 13.1 Å². The summed E-state index contributed by atoms with van der Waals surface area (Å²) in [5.74, 6) is 0. The molecule has 4 nitrogen and oxygen atoms in total. The van der Waals surface area contributed by atoms with Gasteiger partial charge in [-0.25, -0.2) is 19.6 Å². The lowest BCUT2D eigenvalue weighted by molar-refractivity contribution is 0.558. The van der Waals surface area contributed by atoms with Crippen molar-refractivity contribution < 1.29 is 9.59 Å². The van der Waals surface area contributed by atoms with Gasteiger partial charge in [-0.05, 0) is 12.8 Å². The van der Waals surface area contributed by atoms with Crippen LogP contribution in [0.15, 0.2) is 9.98 Å². The predicted octanol–water partition coefficient (Wildman–Crippen LogP) is 6.15. The van der Waals surface area contributed by atoms with Gasteiger partial charge in [0.15, 0.2) is 0 Å². The molecule has 24 heavy (non-hydrogen) atoms. The van der Waals surface area contributed by atoms with Crippen molar-refractivity contribution in [1.82, 2.24) is 0 Å². The van der Waals surface area contributed by atoms with Crippen molar-refractivity contribution in [3.63, 3.8) is 0 Å². The topological polar surface area (TPSA) is 58.9 Å². The average Bonchev–Trinajstić information content (AvgIpc) is 2.60. The molecule has 0 aromatic carbocycles. The van der Waals surface area contributed by atoms with Crippen molar-refractivity contribution >= 4 is 12.2 Å². The Morgan fingerprint density at radius 2 is 0.792 bits per heavy atom. The van der Waals surface area contributed by atoms with Crippen molar-refractivity contribution in [3.8, 4) is 0 Å². The Kier molecular flexibility index (Phi) is 27.8. The number of hydrogen-bond acceptors (Lipinski definition) is 4. The van der Waals surface area contributed by atoms with Crippen molar-refractivity contribution in [1.29, 1.82) is 0 Å². The van der Waals surface area contributed by atoms with Crippen LogP contribution < -0.4 is 0 Å². The number of unbranched alkanes of at least 4 members (excludes halogenated alkanes) is 12. The summed E-state index contributed by atoms with van der Waals surface area (Å²) in [5.41, 5.74) is 0. The molecular weight excluding hydrogens is 300 g/mol. The second kappa shape index (κ2) is 26.6. The summed E-state index contributed by atoms with van der Waals surface area (Å²) in [7, 11) is 0. The summed E-state index contributed by atoms with van der Waals surface area (Å²) >= 11 is 0. The molecule has 0 saturated carbocycles. The van der Waals surface area contributed by atoms with Crippen LogP contribution >= 0.6 is 0 Å². The van der Waals surface area contributed by atoms with Crippen LogP contribution in [-0.4, -0.2) is 25.2 Å². The van der Waals surface area contributed by atoms with E-state index in [-0.39, 0.29) is 0 Å². The molecule has 0 aromatic heterocycles. The fourth-order valence-corrected chi connectivity index (χ4v) is 2.39. The summed E-state index contributed by atoms with van der Waals surface area (Å²) in [6.07, 6.45) is 20.9. The lowest BCUT2D eigenvalue weighted by Gasteiger charge is -1.98. The molecule has 0 amide bonds. The Bertz CT molecular complexity index is 320. The number of nitrogens with zero attached hydrogens (tertiary/aromatic N) is 2. The van der Waals surface area contributed by atoms with Gasteiger partial charge in [0.05, 0.1) is 13.1 Å². The maximum Gasteiger partial charge on any atom is 0.234 e. The van der Waals surface area contributed by atoms with Crippen molar-refractivity contribution in [3.05, 3.63) is 0 Å². The fraction of sp³-hybridized carbons (Fsp3) is 0.900. The van der Waals surface area contributed by atoms with Crippen LogP contribution in [0.25, 0.3) is 0 Å². The van der Waals surface area contributed by atoms with E-state index in [1.54, 1.807) is 12.2 Å². The van der Waals surface area contributed by atoms with E-state index in [9.17, 15) is 9.59 Å². The van der Waals surface area contributed by atoms with E-state index in [4.69, 9.17) is 0 Å². The van der Waals surface area contributed by atoms with E-state index in [0.29, 0.717) is 13.1 Å². The Labute approximate surface area is 149 Å². The second-order valence-corrected chi connectivity index (χ2v) is 6.19. The molecule has 0 aliphatic carbocycles. The molecule has 0 radical (unpaired) electrons. The van der Waals surface area contributed by atoms with Crippen LogP contribution in [0.2, 0.25) is 0 Å². The van der Waals surface area contributed by atoms with Gasteiger partial charge in [-0.3, -0.25) is 0 Å². The number of isocyanates is 2. The monoisotopic (exact) mass is 338 g/mol. The fourth-order valence-electron chi connectivity index (χ4n) is 2.39. The van der Waals surface area contributed by atoms with Gasteiger partial charge in [0.25, 0.3) is 0 Å². The highest BCUT2D eigenvalue weighted by Gasteiger charge is 1.90. The Morgan fingerprint density at radius 1 is 0.500 bits per heavy atom. The zero-order chi connectivity index (χ0) is 18.1. The zero-order valence-corrected chi connectivity index (χ0v) is 16.0. The first-order valence-corrected chi connectivity index (χ1v) is 9.90. The van der Waals surface area contributed by atoms with E-state index in [1.165, 1.54) is 77.0 Å².